The number of nitrogens with zero attached hydrogens (tertiary/aromatic N) is 2. The van der Waals surface area contributed by atoms with Crippen LogP contribution in [0.5, 0.6) is 0 Å². The van der Waals surface area contributed by atoms with Crippen LogP contribution in [0.2, 0.25) is 0 Å². The fourth-order valence-electron chi connectivity index (χ4n) is 1.92. The van der Waals surface area contributed by atoms with Gasteiger partial charge in [0.25, 0.3) is 5.56 Å². The Morgan fingerprint density at radius 1 is 0.864 bits per heavy atom. The zero-order valence-electron chi connectivity index (χ0n) is 11.2. The smallest absolute Gasteiger partial charge is 0.292 e. The molecule has 1 aromatic heterocycles. The number of hydrogen-bond donors (Lipinski definition) is 2. The highest BCUT2D eigenvalue weighted by atomic mass is 19.1. The third kappa shape index (κ3) is 2.83. The molecular formula is C15H10F2N4O. The number of nitrogens with one attached hydrogen (secondary N) is 2. The minimum absolute atomic E-state index is 0.0378. The van der Waals surface area contributed by atoms with Gasteiger partial charge in [0.15, 0.2) is 5.69 Å². The van der Waals surface area contributed by atoms with Gasteiger partial charge in [0.05, 0.1) is 11.4 Å². The van der Waals surface area contributed by atoms with Gasteiger partial charge in [-0.25, -0.2) is 8.78 Å². The van der Waals surface area contributed by atoms with E-state index in [1.54, 1.807) is 6.07 Å². The molecule has 2 aromatic carbocycles. The Morgan fingerprint density at radius 3 is 2.36 bits per heavy atom. The third-order valence-electron chi connectivity index (χ3n) is 2.96. The molecule has 7 heteroatoms. The standard InChI is InChI=1S/C15H10F2N4O/c16-10-6-4-9(5-7-10)13-14(15(22)21-19-13)20-18-12-3-1-2-11(17)8-12/h1-8H,(H2,19,21,22). The quantitative estimate of drug-likeness (QED) is 0.703. The molecule has 0 bridgehead atoms. The zero-order valence-corrected chi connectivity index (χ0v) is 11.2. The lowest BCUT2D eigenvalue weighted by atomic mass is 10.1. The van der Waals surface area contributed by atoms with Crippen molar-refractivity contribution in [2.75, 3.05) is 0 Å². The fraction of sp³-hybridized carbons (Fsp3) is 0. The van der Waals surface area contributed by atoms with Crippen molar-refractivity contribution in [2.24, 2.45) is 10.2 Å². The predicted octanol–water partition coefficient (Wildman–Crippen LogP) is 4.06. The van der Waals surface area contributed by atoms with Crippen molar-refractivity contribution in [2.45, 2.75) is 0 Å². The van der Waals surface area contributed by atoms with Crippen LogP contribution in [0.1, 0.15) is 0 Å². The van der Waals surface area contributed by atoms with E-state index in [4.69, 9.17) is 0 Å². The van der Waals surface area contributed by atoms with E-state index in [0.29, 0.717) is 11.3 Å². The first-order valence-electron chi connectivity index (χ1n) is 6.37. The van der Waals surface area contributed by atoms with Crippen LogP contribution in [0.4, 0.5) is 20.2 Å². The summed E-state index contributed by atoms with van der Waals surface area (Å²) in [6.45, 7) is 0. The molecule has 0 unspecified atom stereocenters. The van der Waals surface area contributed by atoms with E-state index >= 15 is 0 Å². The van der Waals surface area contributed by atoms with Gasteiger partial charge in [-0.1, -0.05) is 6.07 Å². The number of rotatable bonds is 3. The van der Waals surface area contributed by atoms with E-state index in [-0.39, 0.29) is 17.2 Å². The second kappa shape index (κ2) is 5.72. The predicted molar refractivity (Wildman–Crippen MR) is 77.4 cm³/mol. The van der Waals surface area contributed by atoms with Gasteiger partial charge in [0, 0.05) is 11.6 Å². The maximum Gasteiger partial charge on any atom is 0.292 e. The van der Waals surface area contributed by atoms with Crippen molar-refractivity contribution in [1.82, 2.24) is 10.2 Å². The van der Waals surface area contributed by atoms with Crippen LogP contribution in [0.25, 0.3) is 11.3 Å². The molecule has 0 spiro atoms. The monoisotopic (exact) mass is 300 g/mol. The Labute approximate surface area is 123 Å². The van der Waals surface area contributed by atoms with Gasteiger partial charge in [-0.15, -0.1) is 5.11 Å². The van der Waals surface area contributed by atoms with Gasteiger partial charge < -0.3 is 0 Å². The first-order valence-corrected chi connectivity index (χ1v) is 6.37. The molecule has 0 amide bonds. The molecule has 0 radical (unpaired) electrons. The number of halogens is 2. The molecule has 0 aliphatic carbocycles. The van der Waals surface area contributed by atoms with Crippen molar-refractivity contribution in [3.63, 3.8) is 0 Å². The lowest BCUT2D eigenvalue weighted by Crippen LogP contribution is -1.96. The highest BCUT2D eigenvalue weighted by molar-refractivity contribution is 5.71. The van der Waals surface area contributed by atoms with E-state index in [1.807, 2.05) is 0 Å². The molecule has 1 heterocycles. The van der Waals surface area contributed by atoms with Crippen LogP contribution in [0.15, 0.2) is 63.6 Å². The number of hydrogen-bond acceptors (Lipinski definition) is 3. The van der Waals surface area contributed by atoms with Crippen LogP contribution in [0.3, 0.4) is 0 Å². The fourth-order valence-corrected chi connectivity index (χ4v) is 1.92. The number of H-pyrrole nitrogens is 2. The highest BCUT2D eigenvalue weighted by Gasteiger charge is 2.11. The summed E-state index contributed by atoms with van der Waals surface area (Å²) < 4.78 is 26.0. The molecule has 110 valence electrons. The summed E-state index contributed by atoms with van der Waals surface area (Å²) in [5.74, 6) is -0.831. The summed E-state index contributed by atoms with van der Waals surface area (Å²) in [5.41, 5.74) is 0.805. The third-order valence-corrected chi connectivity index (χ3v) is 2.96. The molecule has 0 fully saturated rings. The Balaban J connectivity index is 1.99. The first kappa shape index (κ1) is 13.9. The van der Waals surface area contributed by atoms with Crippen LogP contribution in [-0.4, -0.2) is 10.2 Å². The first-order chi connectivity index (χ1) is 10.6. The molecule has 0 aliphatic rings. The van der Waals surface area contributed by atoms with Gasteiger partial charge in [-0.2, -0.15) is 5.11 Å². The normalized spacial score (nSPS) is 11.2. The van der Waals surface area contributed by atoms with Crippen LogP contribution in [0, 0.1) is 11.6 Å². The molecule has 3 aromatic rings. The summed E-state index contributed by atoms with van der Waals surface area (Å²) in [6.07, 6.45) is 0. The van der Waals surface area contributed by atoms with Crippen LogP contribution in [-0.2, 0) is 0 Å². The summed E-state index contributed by atoms with van der Waals surface area (Å²) in [7, 11) is 0. The van der Waals surface area contributed by atoms with Gasteiger partial charge in [-0.05, 0) is 36.4 Å². The van der Waals surface area contributed by atoms with E-state index in [9.17, 15) is 13.6 Å². The van der Waals surface area contributed by atoms with E-state index < -0.39 is 11.4 Å². The highest BCUT2D eigenvalue weighted by Crippen LogP contribution is 2.26. The molecule has 0 saturated heterocycles. The van der Waals surface area contributed by atoms with Gasteiger partial charge in [0.2, 0.25) is 0 Å². The lowest BCUT2D eigenvalue weighted by molar-refractivity contribution is 0.627. The maximum atomic E-state index is 13.1. The molecule has 0 atom stereocenters. The molecule has 0 aliphatic heterocycles. The molecule has 2 N–H and O–H groups in total. The van der Waals surface area contributed by atoms with Gasteiger partial charge >= 0.3 is 0 Å². The zero-order chi connectivity index (χ0) is 15.5. The number of benzene rings is 2. The Hall–Kier alpha value is -3.09. The summed E-state index contributed by atoms with van der Waals surface area (Å²) >= 11 is 0. The molecule has 3 rings (SSSR count). The van der Waals surface area contributed by atoms with Crippen molar-refractivity contribution in [1.29, 1.82) is 0 Å². The molecule has 5 nitrogen and oxygen atoms in total. The average Bonchev–Trinajstić information content (AvgIpc) is 2.87. The van der Waals surface area contributed by atoms with E-state index in [0.717, 1.165) is 0 Å². The number of azo groups is 1. The number of aromatic nitrogens is 2. The van der Waals surface area contributed by atoms with E-state index in [2.05, 4.69) is 20.4 Å². The summed E-state index contributed by atoms with van der Waals surface area (Å²) in [6, 6.07) is 11.1. The van der Waals surface area contributed by atoms with Crippen molar-refractivity contribution in [3.8, 4) is 11.3 Å². The minimum atomic E-state index is -0.473. The second-order valence-electron chi connectivity index (χ2n) is 4.49. The minimum Gasteiger partial charge on any atom is -0.295 e. The van der Waals surface area contributed by atoms with Gasteiger partial charge in [-0.3, -0.25) is 15.0 Å². The number of aromatic amines is 2. The summed E-state index contributed by atoms with van der Waals surface area (Å²) in [4.78, 5) is 11.8. The van der Waals surface area contributed by atoms with Crippen molar-refractivity contribution in [3.05, 3.63) is 70.5 Å². The van der Waals surface area contributed by atoms with Gasteiger partial charge in [0.1, 0.15) is 11.6 Å². The molecule has 0 saturated carbocycles. The van der Waals surface area contributed by atoms with Crippen LogP contribution < -0.4 is 5.56 Å². The molecule has 22 heavy (non-hydrogen) atoms. The molecular weight excluding hydrogens is 290 g/mol. The average molecular weight is 300 g/mol. The second-order valence-corrected chi connectivity index (χ2v) is 4.49. The largest absolute Gasteiger partial charge is 0.295 e. The topological polar surface area (TPSA) is 73.4 Å². The SMILES string of the molecule is O=c1[nH][nH]c(-c2ccc(F)cc2)c1N=Nc1cccc(F)c1. The summed E-state index contributed by atoms with van der Waals surface area (Å²) in [5, 5.41) is 12.8. The Kier molecular flexibility index (Phi) is 3.61. The lowest BCUT2D eigenvalue weighted by Gasteiger charge is -1.98. The maximum absolute atomic E-state index is 13.1. The Bertz CT molecular complexity index is 881. The van der Waals surface area contributed by atoms with Crippen molar-refractivity contribution < 1.29 is 8.78 Å². The Morgan fingerprint density at radius 2 is 1.64 bits per heavy atom. The van der Waals surface area contributed by atoms with Crippen LogP contribution >= 0.6 is 0 Å². The van der Waals surface area contributed by atoms with Crippen molar-refractivity contribution >= 4 is 11.4 Å². The van der Waals surface area contributed by atoms with E-state index in [1.165, 1.54) is 42.5 Å².